The van der Waals surface area contributed by atoms with Gasteiger partial charge >= 0.3 is 0 Å². The maximum absolute atomic E-state index is 6.29. The van der Waals surface area contributed by atoms with Crippen LogP contribution >= 0.6 is 11.6 Å². The monoisotopic (exact) mass is 266 g/mol. The number of aromatic nitrogens is 2. The van der Waals surface area contributed by atoms with Crippen LogP contribution in [0.1, 0.15) is 31.0 Å². The van der Waals surface area contributed by atoms with Crippen LogP contribution in [0.25, 0.3) is 0 Å². The van der Waals surface area contributed by atoms with Crippen LogP contribution < -0.4 is 10.2 Å². The molecule has 0 bridgehead atoms. The summed E-state index contributed by atoms with van der Waals surface area (Å²) < 4.78 is 0. The normalized spacial score (nSPS) is 20.9. The predicted octanol–water partition coefficient (Wildman–Crippen LogP) is 2.01. The highest BCUT2D eigenvalue weighted by atomic mass is 35.5. The number of nitrogens with one attached hydrogen (secondary N) is 1. The number of nitrogens with zero attached hydrogens (tertiary/aromatic N) is 3. The molecule has 18 heavy (non-hydrogen) atoms. The highest BCUT2D eigenvalue weighted by Gasteiger charge is 2.22. The Labute approximate surface area is 113 Å². The summed E-state index contributed by atoms with van der Waals surface area (Å²) in [5.41, 5.74) is 2.21. The molecule has 0 saturated carbocycles. The molecule has 1 N–H and O–H groups in total. The van der Waals surface area contributed by atoms with Crippen molar-refractivity contribution in [1.82, 2.24) is 15.3 Å². The lowest BCUT2D eigenvalue weighted by Crippen LogP contribution is -2.35. The fourth-order valence-electron chi connectivity index (χ4n) is 2.65. The van der Waals surface area contributed by atoms with E-state index in [1.165, 1.54) is 12.8 Å². The van der Waals surface area contributed by atoms with E-state index in [9.17, 15) is 0 Å². The summed E-state index contributed by atoms with van der Waals surface area (Å²) in [6.07, 6.45) is 3.37. The van der Waals surface area contributed by atoms with Crippen molar-refractivity contribution in [3.8, 4) is 0 Å². The van der Waals surface area contributed by atoms with Crippen molar-refractivity contribution in [2.24, 2.45) is 5.92 Å². The SMILES string of the molecule is CC1CCN(c2nc(Cl)c3c(n2)CNCC3)CC1. The zero-order chi connectivity index (χ0) is 12.5. The highest BCUT2D eigenvalue weighted by molar-refractivity contribution is 6.30. The summed E-state index contributed by atoms with van der Waals surface area (Å²) >= 11 is 6.29. The largest absolute Gasteiger partial charge is 0.341 e. The van der Waals surface area contributed by atoms with Crippen LogP contribution in [0.5, 0.6) is 0 Å². The predicted molar refractivity (Wildman–Crippen MR) is 73.1 cm³/mol. The third kappa shape index (κ3) is 2.31. The van der Waals surface area contributed by atoms with Gasteiger partial charge in [-0.2, -0.15) is 0 Å². The minimum absolute atomic E-state index is 0.648. The molecule has 5 heteroatoms. The molecule has 0 amide bonds. The number of rotatable bonds is 1. The molecule has 0 spiro atoms. The van der Waals surface area contributed by atoms with E-state index in [2.05, 4.69) is 22.1 Å². The molecule has 0 aliphatic carbocycles. The van der Waals surface area contributed by atoms with Crippen molar-refractivity contribution in [3.05, 3.63) is 16.4 Å². The molecule has 4 nitrogen and oxygen atoms in total. The smallest absolute Gasteiger partial charge is 0.227 e. The highest BCUT2D eigenvalue weighted by Crippen LogP contribution is 2.25. The van der Waals surface area contributed by atoms with Crippen molar-refractivity contribution in [2.45, 2.75) is 32.7 Å². The van der Waals surface area contributed by atoms with Gasteiger partial charge in [0.2, 0.25) is 5.95 Å². The van der Waals surface area contributed by atoms with Gasteiger partial charge in [-0.1, -0.05) is 18.5 Å². The van der Waals surface area contributed by atoms with Crippen molar-refractivity contribution in [1.29, 1.82) is 0 Å². The third-order valence-corrected chi connectivity index (χ3v) is 4.25. The average molecular weight is 267 g/mol. The summed E-state index contributed by atoms with van der Waals surface area (Å²) in [5, 5.41) is 3.99. The summed E-state index contributed by atoms with van der Waals surface area (Å²) in [6.45, 7) is 6.18. The first kappa shape index (κ1) is 12.2. The van der Waals surface area contributed by atoms with Crippen molar-refractivity contribution in [3.63, 3.8) is 0 Å². The number of piperidine rings is 1. The van der Waals surface area contributed by atoms with Gasteiger partial charge in [0.05, 0.1) is 5.69 Å². The van der Waals surface area contributed by atoms with E-state index in [4.69, 9.17) is 16.6 Å². The second kappa shape index (κ2) is 5.02. The van der Waals surface area contributed by atoms with E-state index in [1.54, 1.807) is 0 Å². The summed E-state index contributed by atoms with van der Waals surface area (Å²) in [7, 11) is 0. The Morgan fingerprint density at radius 3 is 2.83 bits per heavy atom. The van der Waals surface area contributed by atoms with Gasteiger partial charge in [0.1, 0.15) is 5.15 Å². The Bertz CT molecular complexity index is 441. The fraction of sp³-hybridized carbons (Fsp3) is 0.692. The minimum atomic E-state index is 0.648. The van der Waals surface area contributed by atoms with E-state index < -0.39 is 0 Å². The average Bonchev–Trinajstić information content (AvgIpc) is 2.39. The van der Waals surface area contributed by atoms with E-state index in [1.807, 2.05) is 0 Å². The van der Waals surface area contributed by atoms with Crippen LogP contribution in [0.4, 0.5) is 5.95 Å². The molecular formula is C13H19ClN4. The van der Waals surface area contributed by atoms with E-state index >= 15 is 0 Å². The lowest BCUT2D eigenvalue weighted by atomic mass is 9.99. The number of halogens is 1. The van der Waals surface area contributed by atoms with Crippen LogP contribution in [-0.4, -0.2) is 29.6 Å². The molecule has 0 radical (unpaired) electrons. The number of hydrogen-bond acceptors (Lipinski definition) is 4. The Morgan fingerprint density at radius 2 is 2.06 bits per heavy atom. The van der Waals surface area contributed by atoms with E-state index in [0.29, 0.717) is 5.15 Å². The lowest BCUT2D eigenvalue weighted by Gasteiger charge is -2.31. The molecular weight excluding hydrogens is 248 g/mol. The van der Waals surface area contributed by atoms with E-state index in [0.717, 1.165) is 55.7 Å². The van der Waals surface area contributed by atoms with Crippen LogP contribution in [0.2, 0.25) is 5.15 Å². The van der Waals surface area contributed by atoms with Crippen LogP contribution in [0, 0.1) is 5.92 Å². The molecule has 0 unspecified atom stereocenters. The molecule has 0 atom stereocenters. The third-order valence-electron chi connectivity index (χ3n) is 3.94. The first-order valence-corrected chi connectivity index (χ1v) is 7.13. The standard InChI is InChI=1S/C13H19ClN4/c1-9-3-6-18(7-4-9)13-16-11-8-15-5-2-10(11)12(14)17-13/h9,15H,2-8H2,1H3. The van der Waals surface area contributed by atoms with Crippen LogP contribution in [0.15, 0.2) is 0 Å². The first-order valence-electron chi connectivity index (χ1n) is 6.75. The summed E-state index contributed by atoms with van der Waals surface area (Å²) in [6, 6.07) is 0. The van der Waals surface area contributed by atoms with Gasteiger partial charge in [-0.05, 0) is 31.7 Å². The Kier molecular flexibility index (Phi) is 3.39. The quantitative estimate of drug-likeness (QED) is 0.790. The van der Waals surface area contributed by atoms with Crippen molar-refractivity contribution in [2.75, 3.05) is 24.5 Å². The number of hydrogen-bond donors (Lipinski definition) is 1. The Morgan fingerprint density at radius 1 is 1.28 bits per heavy atom. The molecule has 2 aliphatic heterocycles. The Hall–Kier alpha value is -0.870. The molecule has 0 aromatic carbocycles. The minimum Gasteiger partial charge on any atom is -0.341 e. The molecule has 1 aromatic heterocycles. The van der Waals surface area contributed by atoms with Gasteiger partial charge in [-0.15, -0.1) is 0 Å². The van der Waals surface area contributed by atoms with Gasteiger partial charge in [0, 0.05) is 25.2 Å². The van der Waals surface area contributed by atoms with Gasteiger partial charge in [-0.3, -0.25) is 0 Å². The van der Waals surface area contributed by atoms with Gasteiger partial charge in [-0.25, -0.2) is 9.97 Å². The van der Waals surface area contributed by atoms with Crippen molar-refractivity contribution < 1.29 is 0 Å². The summed E-state index contributed by atoms with van der Waals surface area (Å²) in [5.74, 6) is 1.63. The molecule has 2 aliphatic rings. The van der Waals surface area contributed by atoms with Gasteiger partial charge < -0.3 is 10.2 Å². The maximum atomic E-state index is 6.29. The zero-order valence-electron chi connectivity index (χ0n) is 10.7. The maximum Gasteiger partial charge on any atom is 0.227 e. The van der Waals surface area contributed by atoms with Crippen LogP contribution in [0.3, 0.4) is 0 Å². The topological polar surface area (TPSA) is 41.1 Å². The van der Waals surface area contributed by atoms with E-state index in [-0.39, 0.29) is 0 Å². The number of anilines is 1. The first-order chi connectivity index (χ1) is 8.74. The summed E-state index contributed by atoms with van der Waals surface area (Å²) in [4.78, 5) is 11.4. The zero-order valence-corrected chi connectivity index (χ0v) is 11.5. The molecule has 1 saturated heterocycles. The number of fused-ring (bicyclic) bond motifs is 1. The second-order valence-corrected chi connectivity index (χ2v) is 5.69. The molecule has 3 rings (SSSR count). The molecule has 3 heterocycles. The van der Waals surface area contributed by atoms with Gasteiger partial charge in [0.25, 0.3) is 0 Å². The molecule has 98 valence electrons. The fourth-order valence-corrected chi connectivity index (χ4v) is 2.93. The molecule has 1 fully saturated rings. The second-order valence-electron chi connectivity index (χ2n) is 5.34. The van der Waals surface area contributed by atoms with Crippen molar-refractivity contribution >= 4 is 17.5 Å². The lowest BCUT2D eigenvalue weighted by molar-refractivity contribution is 0.433. The molecule has 1 aromatic rings. The Balaban J connectivity index is 1.86. The van der Waals surface area contributed by atoms with Gasteiger partial charge in [0.15, 0.2) is 0 Å². The van der Waals surface area contributed by atoms with Crippen LogP contribution in [-0.2, 0) is 13.0 Å².